The van der Waals surface area contributed by atoms with Gasteiger partial charge in [0.05, 0.1) is 19.8 Å². The molecule has 4 nitrogen and oxygen atoms in total. The van der Waals surface area contributed by atoms with E-state index in [9.17, 15) is 18.0 Å². The molecule has 0 radical (unpaired) electrons. The zero-order valence-corrected chi connectivity index (χ0v) is 14.4. The van der Waals surface area contributed by atoms with Crippen LogP contribution in [0.25, 0.3) is 0 Å². The van der Waals surface area contributed by atoms with Crippen LogP contribution in [0.1, 0.15) is 5.56 Å². The fourth-order valence-corrected chi connectivity index (χ4v) is 2.56. The predicted octanol–water partition coefficient (Wildman–Crippen LogP) is 2.42. The van der Waals surface area contributed by atoms with Gasteiger partial charge in [0.1, 0.15) is 12.3 Å². The van der Waals surface area contributed by atoms with Crippen molar-refractivity contribution in [2.24, 2.45) is 0 Å². The first kappa shape index (κ1) is 19.1. The minimum Gasteiger partial charge on any atom is -0.496 e. The molecule has 0 spiro atoms. The van der Waals surface area contributed by atoms with Gasteiger partial charge in [0.15, 0.2) is 24.0 Å². The molecule has 2 aromatic carbocycles. The molecule has 0 bridgehead atoms. The first-order valence-corrected chi connectivity index (χ1v) is 7.76. The van der Waals surface area contributed by atoms with Gasteiger partial charge in [0, 0.05) is 10.6 Å². The molecule has 0 saturated heterocycles. The second kappa shape index (κ2) is 8.22. The van der Waals surface area contributed by atoms with Crippen LogP contribution < -0.4 is 15.0 Å². The Hall–Kier alpha value is -2.25. The maximum atomic E-state index is 13.6. The molecule has 0 aliphatic rings. The number of hydrogen-bond acceptors (Lipinski definition) is 2. The zero-order valence-electron chi connectivity index (χ0n) is 13.6. The lowest BCUT2D eigenvalue weighted by atomic mass is 10.2. The summed E-state index contributed by atoms with van der Waals surface area (Å²) in [6.07, 6.45) is 0. The molecule has 8 heteroatoms. The average Bonchev–Trinajstić information content (AvgIpc) is 2.55. The van der Waals surface area contributed by atoms with E-state index < -0.39 is 29.0 Å². The summed E-state index contributed by atoms with van der Waals surface area (Å²) < 4.78 is 44.9. The van der Waals surface area contributed by atoms with Crippen LogP contribution in [0.15, 0.2) is 30.3 Å². The van der Waals surface area contributed by atoms with E-state index in [0.29, 0.717) is 17.3 Å². The van der Waals surface area contributed by atoms with E-state index in [1.54, 1.807) is 25.2 Å². The lowest BCUT2D eigenvalue weighted by Gasteiger charge is -2.16. The number of hydrogen-bond donors (Lipinski definition) is 2. The van der Waals surface area contributed by atoms with Gasteiger partial charge in [-0.15, -0.1) is 0 Å². The summed E-state index contributed by atoms with van der Waals surface area (Å²) in [5.74, 6) is -4.27. The molecule has 1 atom stereocenters. The number of quaternary nitrogens is 1. The fraction of sp³-hybridized carbons (Fsp3) is 0.235. The molecule has 2 aromatic rings. The third kappa shape index (κ3) is 4.87. The molecular formula is C17H17ClF3N2O2+. The Balaban J connectivity index is 2.01. The summed E-state index contributed by atoms with van der Waals surface area (Å²) in [6, 6.07) is 6.87. The Morgan fingerprint density at radius 1 is 1.20 bits per heavy atom. The number of anilines is 1. The maximum Gasteiger partial charge on any atom is 0.279 e. The third-order valence-corrected chi connectivity index (χ3v) is 3.74. The fourth-order valence-electron chi connectivity index (χ4n) is 2.36. The summed E-state index contributed by atoms with van der Waals surface area (Å²) >= 11 is 5.96. The molecule has 2 rings (SSSR count). The number of methoxy groups -OCH3 is 1. The Labute approximate surface area is 148 Å². The first-order chi connectivity index (χ1) is 11.8. The molecule has 0 heterocycles. The average molecular weight is 374 g/mol. The molecular weight excluding hydrogens is 357 g/mol. The van der Waals surface area contributed by atoms with Crippen LogP contribution in [0.2, 0.25) is 5.02 Å². The van der Waals surface area contributed by atoms with Crippen molar-refractivity contribution < 1.29 is 27.6 Å². The van der Waals surface area contributed by atoms with E-state index in [0.717, 1.165) is 22.6 Å². The Kier molecular flexibility index (Phi) is 6.27. The van der Waals surface area contributed by atoms with Gasteiger partial charge in [-0.3, -0.25) is 4.79 Å². The zero-order chi connectivity index (χ0) is 18.6. The highest BCUT2D eigenvalue weighted by Gasteiger charge is 2.18. The number of ether oxygens (including phenoxy) is 1. The summed E-state index contributed by atoms with van der Waals surface area (Å²) in [4.78, 5) is 12.8. The molecule has 0 fully saturated rings. The summed E-state index contributed by atoms with van der Waals surface area (Å²) in [7, 11) is 3.28. The van der Waals surface area contributed by atoms with Crippen LogP contribution in [0.4, 0.5) is 18.9 Å². The Morgan fingerprint density at radius 2 is 1.92 bits per heavy atom. The van der Waals surface area contributed by atoms with Crippen LogP contribution in [0, 0.1) is 17.5 Å². The van der Waals surface area contributed by atoms with Gasteiger partial charge >= 0.3 is 0 Å². The number of halogens is 4. The number of likely N-dealkylation sites (N-methyl/N-ethyl adjacent to an activating group) is 1. The van der Waals surface area contributed by atoms with Crippen molar-refractivity contribution in [2.75, 3.05) is 26.0 Å². The molecule has 1 unspecified atom stereocenters. The monoisotopic (exact) mass is 373 g/mol. The molecule has 0 aromatic heterocycles. The highest BCUT2D eigenvalue weighted by molar-refractivity contribution is 6.30. The van der Waals surface area contributed by atoms with Crippen molar-refractivity contribution in [3.8, 4) is 5.75 Å². The van der Waals surface area contributed by atoms with Crippen LogP contribution in [0.3, 0.4) is 0 Å². The summed E-state index contributed by atoms with van der Waals surface area (Å²) in [6.45, 7) is 0.408. The molecule has 25 heavy (non-hydrogen) atoms. The number of carbonyl (C=O) groups is 1. The van der Waals surface area contributed by atoms with Gasteiger partial charge in [-0.05, 0) is 30.3 Å². The van der Waals surface area contributed by atoms with Gasteiger partial charge in [-0.1, -0.05) is 11.6 Å². The van der Waals surface area contributed by atoms with Crippen molar-refractivity contribution in [2.45, 2.75) is 6.54 Å². The Morgan fingerprint density at radius 3 is 2.60 bits per heavy atom. The van der Waals surface area contributed by atoms with Crippen molar-refractivity contribution in [1.29, 1.82) is 0 Å². The quantitative estimate of drug-likeness (QED) is 0.764. The van der Waals surface area contributed by atoms with Crippen LogP contribution >= 0.6 is 11.6 Å². The van der Waals surface area contributed by atoms with Gasteiger partial charge in [0.25, 0.3) is 5.91 Å². The minimum atomic E-state index is -1.62. The maximum absolute atomic E-state index is 13.6. The second-order valence-electron chi connectivity index (χ2n) is 5.54. The molecule has 0 aliphatic carbocycles. The largest absolute Gasteiger partial charge is 0.496 e. The summed E-state index contributed by atoms with van der Waals surface area (Å²) in [5.41, 5.74) is 0.399. The molecule has 0 aliphatic heterocycles. The number of rotatable bonds is 6. The van der Waals surface area contributed by atoms with Gasteiger partial charge in [-0.2, -0.15) is 0 Å². The SMILES string of the molecule is COc1ccc(Cl)cc1C[NH+](C)CC(=O)Nc1ccc(F)c(F)c1F. The topological polar surface area (TPSA) is 42.8 Å². The van der Waals surface area contributed by atoms with Gasteiger partial charge < -0.3 is 15.0 Å². The normalized spacial score (nSPS) is 11.9. The number of amides is 1. The van der Waals surface area contributed by atoms with Crippen molar-refractivity contribution >= 4 is 23.2 Å². The lowest BCUT2D eigenvalue weighted by Crippen LogP contribution is -3.08. The van der Waals surface area contributed by atoms with E-state index in [1.807, 2.05) is 0 Å². The van der Waals surface area contributed by atoms with Crippen molar-refractivity contribution in [3.05, 3.63) is 58.4 Å². The lowest BCUT2D eigenvalue weighted by molar-refractivity contribution is -0.885. The highest BCUT2D eigenvalue weighted by atomic mass is 35.5. The number of benzene rings is 2. The predicted molar refractivity (Wildman–Crippen MR) is 88.4 cm³/mol. The minimum absolute atomic E-state index is 0.0197. The summed E-state index contributed by atoms with van der Waals surface area (Å²) in [5, 5.41) is 2.77. The van der Waals surface area contributed by atoms with Crippen LogP contribution in [0.5, 0.6) is 5.75 Å². The second-order valence-corrected chi connectivity index (χ2v) is 5.97. The number of nitrogens with one attached hydrogen (secondary N) is 2. The smallest absolute Gasteiger partial charge is 0.279 e. The Bertz CT molecular complexity index is 787. The molecule has 134 valence electrons. The van der Waals surface area contributed by atoms with Gasteiger partial charge in [0.2, 0.25) is 0 Å². The van der Waals surface area contributed by atoms with Crippen molar-refractivity contribution in [1.82, 2.24) is 0 Å². The van der Waals surface area contributed by atoms with E-state index >= 15 is 0 Å². The van der Waals surface area contributed by atoms with E-state index in [4.69, 9.17) is 16.3 Å². The van der Waals surface area contributed by atoms with E-state index in [-0.39, 0.29) is 6.54 Å². The first-order valence-electron chi connectivity index (χ1n) is 7.39. The highest BCUT2D eigenvalue weighted by Crippen LogP contribution is 2.22. The van der Waals surface area contributed by atoms with E-state index in [2.05, 4.69) is 5.32 Å². The molecule has 0 saturated carbocycles. The third-order valence-electron chi connectivity index (χ3n) is 3.51. The van der Waals surface area contributed by atoms with E-state index in [1.165, 1.54) is 7.11 Å². The molecule has 1 amide bonds. The van der Waals surface area contributed by atoms with Crippen LogP contribution in [-0.4, -0.2) is 26.6 Å². The standard InChI is InChI=1S/C17H16ClF3N2O2/c1-23(8-10-7-11(18)3-6-14(10)25-2)9-15(24)22-13-5-4-12(19)16(20)17(13)21/h3-7H,8-9H2,1-2H3,(H,22,24)/p+1. The number of carbonyl (C=O) groups excluding carboxylic acids is 1. The molecule has 2 N–H and O–H groups in total. The van der Waals surface area contributed by atoms with Gasteiger partial charge in [-0.25, -0.2) is 13.2 Å². The van der Waals surface area contributed by atoms with Crippen LogP contribution in [-0.2, 0) is 11.3 Å². The van der Waals surface area contributed by atoms with Crippen molar-refractivity contribution in [3.63, 3.8) is 0 Å².